The molecule has 0 bridgehead atoms. The fourth-order valence-electron chi connectivity index (χ4n) is 2.06. The number of likely N-dealkylation sites (N-methyl/N-ethyl adjacent to an activating group) is 1. The Bertz CT molecular complexity index is 387. The van der Waals surface area contributed by atoms with E-state index in [0.29, 0.717) is 5.92 Å². The van der Waals surface area contributed by atoms with Crippen LogP contribution in [0.2, 0.25) is 0 Å². The average molecular weight is 261 g/mol. The lowest BCUT2D eigenvalue weighted by Crippen LogP contribution is -2.35. The second-order valence-electron chi connectivity index (χ2n) is 5.17. The van der Waals surface area contributed by atoms with E-state index in [2.05, 4.69) is 12.1 Å². The summed E-state index contributed by atoms with van der Waals surface area (Å²) in [7, 11) is 0. The predicted octanol–water partition coefficient (Wildman–Crippen LogP) is 2.50. The maximum Gasteiger partial charge on any atom is 0.248 e. The summed E-state index contributed by atoms with van der Waals surface area (Å²) in [5.41, 5.74) is 1.27. The van der Waals surface area contributed by atoms with Crippen molar-refractivity contribution in [1.29, 1.82) is 0 Å². The minimum absolute atomic E-state index is 0.110. The lowest BCUT2D eigenvalue weighted by atomic mass is 10.1. The molecule has 3 nitrogen and oxygen atoms in total. The zero-order chi connectivity index (χ0) is 13.5. The maximum absolute atomic E-state index is 12.0. The first-order chi connectivity index (χ1) is 9.29. The van der Waals surface area contributed by atoms with Crippen molar-refractivity contribution in [2.45, 2.75) is 26.2 Å². The molecule has 2 rings (SSSR count). The number of benzene rings is 1. The number of amides is 1. The van der Waals surface area contributed by atoms with E-state index in [1.165, 1.54) is 18.4 Å². The van der Waals surface area contributed by atoms with Crippen molar-refractivity contribution in [3.05, 3.63) is 35.9 Å². The van der Waals surface area contributed by atoms with Crippen LogP contribution in [0.15, 0.2) is 30.3 Å². The van der Waals surface area contributed by atoms with Crippen molar-refractivity contribution in [3.63, 3.8) is 0 Å². The highest BCUT2D eigenvalue weighted by molar-refractivity contribution is 5.77. The Morgan fingerprint density at radius 1 is 1.32 bits per heavy atom. The summed E-state index contributed by atoms with van der Waals surface area (Å²) in [5.74, 6) is 0.825. The van der Waals surface area contributed by atoms with Gasteiger partial charge in [-0.2, -0.15) is 0 Å². The molecule has 1 amide bonds. The minimum Gasteiger partial charge on any atom is -0.371 e. The average Bonchev–Trinajstić information content (AvgIpc) is 3.25. The van der Waals surface area contributed by atoms with Crippen molar-refractivity contribution in [1.82, 2.24) is 4.90 Å². The van der Waals surface area contributed by atoms with Gasteiger partial charge in [0.25, 0.3) is 0 Å². The van der Waals surface area contributed by atoms with E-state index in [1.807, 2.05) is 30.0 Å². The van der Waals surface area contributed by atoms with Crippen LogP contribution in [-0.2, 0) is 16.0 Å². The summed E-state index contributed by atoms with van der Waals surface area (Å²) in [5, 5.41) is 0. The standard InChI is InChI=1S/C16H23NO2/c1-2-17(11-10-14-6-4-3-5-7-14)16(18)13-19-12-15-8-9-15/h3-7,15H,2,8-13H2,1H3. The Morgan fingerprint density at radius 3 is 2.68 bits per heavy atom. The van der Waals surface area contributed by atoms with Crippen molar-refractivity contribution in [2.75, 3.05) is 26.3 Å². The van der Waals surface area contributed by atoms with Crippen molar-refractivity contribution < 1.29 is 9.53 Å². The zero-order valence-electron chi connectivity index (χ0n) is 11.7. The summed E-state index contributed by atoms with van der Waals surface area (Å²) in [6, 6.07) is 10.3. The first kappa shape index (κ1) is 14.1. The van der Waals surface area contributed by atoms with Crippen molar-refractivity contribution in [2.24, 2.45) is 5.92 Å². The molecule has 1 aromatic carbocycles. The van der Waals surface area contributed by atoms with Gasteiger partial charge in [-0.05, 0) is 37.7 Å². The molecule has 0 unspecified atom stereocenters. The normalized spacial score (nSPS) is 14.4. The number of carbonyl (C=O) groups excluding carboxylic acids is 1. The van der Waals surface area contributed by atoms with Crippen LogP contribution >= 0.6 is 0 Å². The molecule has 1 aromatic rings. The Balaban J connectivity index is 1.70. The SMILES string of the molecule is CCN(CCc1ccccc1)C(=O)COCC1CC1. The second-order valence-corrected chi connectivity index (χ2v) is 5.17. The molecular weight excluding hydrogens is 238 g/mol. The molecule has 0 heterocycles. The first-order valence-electron chi connectivity index (χ1n) is 7.19. The Labute approximate surface area is 115 Å². The highest BCUT2D eigenvalue weighted by atomic mass is 16.5. The molecule has 3 heteroatoms. The van der Waals surface area contributed by atoms with Gasteiger partial charge in [0.2, 0.25) is 5.91 Å². The Kier molecular flexibility index (Phi) is 5.40. The van der Waals surface area contributed by atoms with Gasteiger partial charge in [0, 0.05) is 13.1 Å². The van der Waals surface area contributed by atoms with E-state index >= 15 is 0 Å². The molecule has 0 atom stereocenters. The van der Waals surface area contributed by atoms with Gasteiger partial charge in [0.15, 0.2) is 0 Å². The molecule has 0 spiro atoms. The van der Waals surface area contributed by atoms with E-state index in [0.717, 1.165) is 26.1 Å². The summed E-state index contributed by atoms with van der Waals surface area (Å²) in [4.78, 5) is 13.9. The van der Waals surface area contributed by atoms with E-state index in [9.17, 15) is 4.79 Å². The number of hydrogen-bond acceptors (Lipinski definition) is 2. The van der Waals surface area contributed by atoms with Crippen LogP contribution in [0.25, 0.3) is 0 Å². The van der Waals surface area contributed by atoms with Gasteiger partial charge in [-0.25, -0.2) is 0 Å². The maximum atomic E-state index is 12.0. The van der Waals surface area contributed by atoms with Crippen LogP contribution in [0.5, 0.6) is 0 Å². The first-order valence-corrected chi connectivity index (χ1v) is 7.19. The zero-order valence-corrected chi connectivity index (χ0v) is 11.7. The van der Waals surface area contributed by atoms with Crippen LogP contribution in [0.4, 0.5) is 0 Å². The van der Waals surface area contributed by atoms with Gasteiger partial charge in [0.1, 0.15) is 6.61 Å². The van der Waals surface area contributed by atoms with Crippen LogP contribution in [0.3, 0.4) is 0 Å². The third kappa shape index (κ3) is 5.03. The third-order valence-electron chi connectivity index (χ3n) is 3.52. The monoisotopic (exact) mass is 261 g/mol. The van der Waals surface area contributed by atoms with Gasteiger partial charge in [-0.15, -0.1) is 0 Å². The molecule has 0 aromatic heterocycles. The fraction of sp³-hybridized carbons (Fsp3) is 0.562. The topological polar surface area (TPSA) is 29.5 Å². The molecule has 19 heavy (non-hydrogen) atoms. The van der Waals surface area contributed by atoms with Gasteiger partial charge < -0.3 is 9.64 Å². The molecule has 1 aliphatic carbocycles. The van der Waals surface area contributed by atoms with E-state index < -0.39 is 0 Å². The van der Waals surface area contributed by atoms with E-state index in [4.69, 9.17) is 4.74 Å². The molecule has 1 fully saturated rings. The lowest BCUT2D eigenvalue weighted by Gasteiger charge is -2.20. The summed E-state index contributed by atoms with van der Waals surface area (Å²) < 4.78 is 5.46. The quantitative estimate of drug-likeness (QED) is 0.719. The van der Waals surface area contributed by atoms with Gasteiger partial charge in [-0.3, -0.25) is 4.79 Å². The van der Waals surface area contributed by atoms with Crippen molar-refractivity contribution >= 4 is 5.91 Å². The van der Waals surface area contributed by atoms with E-state index in [-0.39, 0.29) is 12.5 Å². The number of carbonyl (C=O) groups is 1. The number of hydrogen-bond donors (Lipinski definition) is 0. The van der Waals surface area contributed by atoms with Gasteiger partial charge in [0.05, 0.1) is 6.61 Å². The van der Waals surface area contributed by atoms with Crippen LogP contribution in [0.1, 0.15) is 25.3 Å². The lowest BCUT2D eigenvalue weighted by molar-refractivity contribution is -0.136. The molecule has 0 N–H and O–H groups in total. The highest BCUT2D eigenvalue weighted by Crippen LogP contribution is 2.28. The minimum atomic E-state index is 0.110. The molecule has 1 aliphatic rings. The Hall–Kier alpha value is -1.35. The number of ether oxygens (including phenoxy) is 1. The largest absolute Gasteiger partial charge is 0.371 e. The molecule has 104 valence electrons. The molecule has 0 aliphatic heterocycles. The van der Waals surface area contributed by atoms with Crippen LogP contribution in [0, 0.1) is 5.92 Å². The molecule has 0 saturated heterocycles. The van der Waals surface area contributed by atoms with E-state index in [1.54, 1.807) is 0 Å². The smallest absolute Gasteiger partial charge is 0.248 e. The molecule has 1 saturated carbocycles. The van der Waals surface area contributed by atoms with Crippen LogP contribution < -0.4 is 0 Å². The molecule has 0 radical (unpaired) electrons. The number of rotatable bonds is 8. The summed E-state index contributed by atoms with van der Waals surface area (Å²) in [6.45, 7) is 4.52. The van der Waals surface area contributed by atoms with Crippen LogP contribution in [-0.4, -0.2) is 37.1 Å². The number of nitrogens with zero attached hydrogens (tertiary/aromatic N) is 1. The third-order valence-corrected chi connectivity index (χ3v) is 3.52. The fourth-order valence-corrected chi connectivity index (χ4v) is 2.06. The predicted molar refractivity (Wildman–Crippen MR) is 75.9 cm³/mol. The van der Waals surface area contributed by atoms with Gasteiger partial charge >= 0.3 is 0 Å². The van der Waals surface area contributed by atoms with Gasteiger partial charge in [-0.1, -0.05) is 30.3 Å². The highest BCUT2D eigenvalue weighted by Gasteiger charge is 2.22. The van der Waals surface area contributed by atoms with Crippen molar-refractivity contribution in [3.8, 4) is 0 Å². The summed E-state index contributed by atoms with van der Waals surface area (Å²) in [6.07, 6.45) is 3.43. The summed E-state index contributed by atoms with van der Waals surface area (Å²) >= 11 is 0. The second kappa shape index (κ2) is 7.29. The Morgan fingerprint density at radius 2 is 2.05 bits per heavy atom. The molecular formula is C16H23NO2.